The van der Waals surface area contributed by atoms with Gasteiger partial charge in [-0.25, -0.2) is 13.4 Å². The van der Waals surface area contributed by atoms with E-state index in [1.807, 2.05) is 13.8 Å². The molecular weight excluding hydrogens is 330 g/mol. The number of rotatable bonds is 6. The van der Waals surface area contributed by atoms with E-state index in [-0.39, 0.29) is 9.92 Å². The van der Waals surface area contributed by atoms with Crippen LogP contribution in [0.3, 0.4) is 0 Å². The summed E-state index contributed by atoms with van der Waals surface area (Å²) >= 11 is 7.24. The first kappa shape index (κ1) is 16.2. The quantitative estimate of drug-likeness (QED) is 0.844. The molecule has 2 aromatic rings. The normalized spacial score (nSPS) is 11.8. The molecule has 0 spiro atoms. The number of nitrogens with one attached hydrogen (secondary N) is 2. The zero-order valence-corrected chi connectivity index (χ0v) is 14.0. The Bertz CT molecular complexity index is 700. The van der Waals surface area contributed by atoms with Gasteiger partial charge in [0.2, 0.25) is 0 Å². The number of benzene rings is 1. The molecule has 8 heteroatoms. The summed E-state index contributed by atoms with van der Waals surface area (Å²) in [7, 11) is -3.74. The SMILES string of the molecule is CC(C)NCc1ccc(Cl)c(S(=O)(=O)Nc2nccs2)c1. The maximum Gasteiger partial charge on any atom is 0.265 e. The number of sulfonamides is 1. The van der Waals surface area contributed by atoms with Crippen molar-refractivity contribution in [3.8, 4) is 0 Å². The molecular formula is C13H16ClN3O2S2. The highest BCUT2D eigenvalue weighted by Crippen LogP contribution is 2.25. The largest absolute Gasteiger partial charge is 0.310 e. The molecule has 2 N–H and O–H groups in total. The molecule has 0 atom stereocenters. The van der Waals surface area contributed by atoms with Gasteiger partial charge < -0.3 is 5.32 Å². The topological polar surface area (TPSA) is 71.1 Å². The molecule has 0 saturated heterocycles. The Kier molecular flexibility index (Phi) is 5.21. The molecule has 1 aromatic carbocycles. The minimum absolute atomic E-state index is 0.0578. The van der Waals surface area contributed by atoms with Crippen molar-refractivity contribution in [3.63, 3.8) is 0 Å². The molecule has 0 fully saturated rings. The van der Waals surface area contributed by atoms with E-state index in [4.69, 9.17) is 11.6 Å². The number of aromatic nitrogens is 1. The third-order valence-electron chi connectivity index (χ3n) is 2.65. The highest BCUT2D eigenvalue weighted by molar-refractivity contribution is 7.93. The van der Waals surface area contributed by atoms with Gasteiger partial charge in [0.1, 0.15) is 4.90 Å². The van der Waals surface area contributed by atoms with Crippen molar-refractivity contribution in [3.05, 3.63) is 40.4 Å². The summed E-state index contributed by atoms with van der Waals surface area (Å²) < 4.78 is 27.1. The lowest BCUT2D eigenvalue weighted by molar-refractivity contribution is 0.587. The van der Waals surface area contributed by atoms with Crippen molar-refractivity contribution in [2.75, 3.05) is 4.72 Å². The van der Waals surface area contributed by atoms with E-state index in [9.17, 15) is 8.42 Å². The number of halogens is 1. The van der Waals surface area contributed by atoms with Crippen molar-refractivity contribution in [2.45, 2.75) is 31.3 Å². The van der Waals surface area contributed by atoms with Crippen LogP contribution in [-0.2, 0) is 16.6 Å². The predicted octanol–water partition coefficient (Wildman–Crippen LogP) is 3.10. The summed E-state index contributed by atoms with van der Waals surface area (Å²) in [5, 5.41) is 5.44. The van der Waals surface area contributed by atoms with Gasteiger partial charge in [-0.05, 0) is 17.7 Å². The zero-order chi connectivity index (χ0) is 15.5. The summed E-state index contributed by atoms with van der Waals surface area (Å²) in [6.07, 6.45) is 1.53. The fraction of sp³-hybridized carbons (Fsp3) is 0.308. The molecule has 0 unspecified atom stereocenters. The lowest BCUT2D eigenvalue weighted by Gasteiger charge is -2.11. The predicted molar refractivity (Wildman–Crippen MR) is 86.4 cm³/mol. The molecule has 1 aromatic heterocycles. The molecule has 0 amide bonds. The first-order chi connectivity index (χ1) is 9.88. The van der Waals surface area contributed by atoms with Gasteiger partial charge in [0.15, 0.2) is 5.13 Å². The highest BCUT2D eigenvalue weighted by Gasteiger charge is 2.19. The van der Waals surface area contributed by atoms with Crippen molar-refractivity contribution in [1.29, 1.82) is 0 Å². The van der Waals surface area contributed by atoms with Crippen LogP contribution in [0.4, 0.5) is 5.13 Å². The Morgan fingerprint density at radius 3 is 2.76 bits per heavy atom. The van der Waals surface area contributed by atoms with E-state index in [1.54, 1.807) is 23.6 Å². The minimum Gasteiger partial charge on any atom is -0.310 e. The average Bonchev–Trinajstić information content (AvgIpc) is 2.89. The lowest BCUT2D eigenvalue weighted by Crippen LogP contribution is -2.22. The Labute approximate surface area is 133 Å². The molecule has 0 saturated carbocycles. The molecule has 0 aliphatic rings. The minimum atomic E-state index is -3.74. The third-order valence-corrected chi connectivity index (χ3v) is 5.29. The number of thiazole rings is 1. The van der Waals surface area contributed by atoms with Crippen LogP contribution in [0.2, 0.25) is 5.02 Å². The number of anilines is 1. The van der Waals surface area contributed by atoms with Crippen molar-refractivity contribution in [2.24, 2.45) is 0 Å². The zero-order valence-electron chi connectivity index (χ0n) is 11.6. The van der Waals surface area contributed by atoms with Crippen LogP contribution in [0.15, 0.2) is 34.7 Å². The Morgan fingerprint density at radius 2 is 2.14 bits per heavy atom. The van der Waals surface area contributed by atoms with Gasteiger partial charge in [-0.15, -0.1) is 11.3 Å². The van der Waals surface area contributed by atoms with Crippen molar-refractivity contribution in [1.82, 2.24) is 10.3 Å². The van der Waals surface area contributed by atoms with Crippen LogP contribution in [0.1, 0.15) is 19.4 Å². The van der Waals surface area contributed by atoms with E-state index in [1.165, 1.54) is 17.5 Å². The van der Waals surface area contributed by atoms with Gasteiger partial charge in [0, 0.05) is 24.2 Å². The van der Waals surface area contributed by atoms with Gasteiger partial charge in [-0.3, -0.25) is 4.72 Å². The Morgan fingerprint density at radius 1 is 1.38 bits per heavy atom. The highest BCUT2D eigenvalue weighted by atomic mass is 35.5. The van der Waals surface area contributed by atoms with Crippen LogP contribution in [0.5, 0.6) is 0 Å². The van der Waals surface area contributed by atoms with Crippen LogP contribution in [0, 0.1) is 0 Å². The molecule has 2 rings (SSSR count). The van der Waals surface area contributed by atoms with E-state index in [0.29, 0.717) is 17.7 Å². The first-order valence-corrected chi connectivity index (χ1v) is 9.06. The number of hydrogen-bond donors (Lipinski definition) is 2. The van der Waals surface area contributed by atoms with Crippen LogP contribution >= 0.6 is 22.9 Å². The summed E-state index contributed by atoms with van der Waals surface area (Å²) in [6, 6.07) is 5.29. The summed E-state index contributed by atoms with van der Waals surface area (Å²) in [5.74, 6) is 0. The van der Waals surface area contributed by atoms with Crippen LogP contribution < -0.4 is 10.0 Å². The van der Waals surface area contributed by atoms with Gasteiger partial charge in [-0.1, -0.05) is 31.5 Å². The standard InChI is InChI=1S/C13H16ClN3O2S2/c1-9(2)16-8-10-3-4-11(14)12(7-10)21(18,19)17-13-15-5-6-20-13/h3-7,9,16H,8H2,1-2H3,(H,15,17). The van der Waals surface area contributed by atoms with E-state index in [2.05, 4.69) is 15.0 Å². The molecule has 0 bridgehead atoms. The molecule has 0 aliphatic heterocycles. The smallest absolute Gasteiger partial charge is 0.265 e. The lowest BCUT2D eigenvalue weighted by atomic mass is 10.2. The first-order valence-electron chi connectivity index (χ1n) is 6.32. The summed E-state index contributed by atoms with van der Waals surface area (Å²) in [6.45, 7) is 4.63. The van der Waals surface area contributed by atoms with Crippen molar-refractivity contribution >= 4 is 38.1 Å². The third kappa shape index (κ3) is 4.41. The number of nitrogens with zero attached hydrogens (tertiary/aromatic N) is 1. The van der Waals surface area contributed by atoms with Crippen LogP contribution in [-0.4, -0.2) is 19.4 Å². The second-order valence-corrected chi connectivity index (χ2v) is 7.70. The monoisotopic (exact) mass is 345 g/mol. The molecule has 0 aliphatic carbocycles. The van der Waals surface area contributed by atoms with Gasteiger partial charge in [0.25, 0.3) is 10.0 Å². The van der Waals surface area contributed by atoms with Crippen LogP contribution in [0.25, 0.3) is 0 Å². The fourth-order valence-electron chi connectivity index (χ4n) is 1.63. The maximum absolute atomic E-state index is 12.4. The molecule has 21 heavy (non-hydrogen) atoms. The molecule has 114 valence electrons. The summed E-state index contributed by atoms with van der Waals surface area (Å²) in [4.78, 5) is 3.97. The molecule has 1 heterocycles. The second kappa shape index (κ2) is 6.74. The van der Waals surface area contributed by atoms with Gasteiger partial charge in [0.05, 0.1) is 5.02 Å². The Balaban J connectivity index is 2.27. The van der Waals surface area contributed by atoms with Crippen molar-refractivity contribution < 1.29 is 8.42 Å². The number of hydrogen-bond acceptors (Lipinski definition) is 5. The van der Waals surface area contributed by atoms with E-state index in [0.717, 1.165) is 5.56 Å². The van der Waals surface area contributed by atoms with E-state index < -0.39 is 10.0 Å². The Hall–Kier alpha value is -1.15. The molecule has 5 nitrogen and oxygen atoms in total. The van der Waals surface area contributed by atoms with E-state index >= 15 is 0 Å². The second-order valence-electron chi connectivity index (χ2n) is 4.74. The molecule has 0 radical (unpaired) electrons. The summed E-state index contributed by atoms with van der Waals surface area (Å²) in [5.41, 5.74) is 0.854. The van der Waals surface area contributed by atoms with Gasteiger partial charge >= 0.3 is 0 Å². The van der Waals surface area contributed by atoms with Gasteiger partial charge in [-0.2, -0.15) is 0 Å². The fourth-order valence-corrected chi connectivity index (χ4v) is 3.97. The average molecular weight is 346 g/mol. The maximum atomic E-state index is 12.4.